The SMILES string of the molecule is CCCOc1c(Cl)cc(C(=O)Nc2ccc(C)c([N+](=O)[O-])c2)cc1OC. The van der Waals surface area contributed by atoms with Crippen molar-refractivity contribution in [1.29, 1.82) is 0 Å². The molecule has 2 aromatic carbocycles. The van der Waals surface area contributed by atoms with Crippen LogP contribution in [-0.4, -0.2) is 24.5 Å². The number of anilines is 1. The van der Waals surface area contributed by atoms with E-state index in [2.05, 4.69) is 5.32 Å². The Morgan fingerprint density at radius 2 is 2.04 bits per heavy atom. The molecule has 2 aromatic rings. The van der Waals surface area contributed by atoms with Gasteiger partial charge in [-0.1, -0.05) is 24.6 Å². The third kappa shape index (κ3) is 4.43. The molecule has 8 heteroatoms. The molecule has 0 unspecified atom stereocenters. The minimum absolute atomic E-state index is 0.0678. The van der Waals surface area contributed by atoms with Crippen molar-refractivity contribution >= 4 is 28.9 Å². The average molecular weight is 379 g/mol. The summed E-state index contributed by atoms with van der Waals surface area (Å²) >= 11 is 6.21. The lowest BCUT2D eigenvalue weighted by molar-refractivity contribution is -0.385. The van der Waals surface area contributed by atoms with Crippen LogP contribution in [0.4, 0.5) is 11.4 Å². The fourth-order valence-corrected chi connectivity index (χ4v) is 2.55. The molecule has 0 atom stereocenters. The van der Waals surface area contributed by atoms with E-state index in [4.69, 9.17) is 21.1 Å². The van der Waals surface area contributed by atoms with Gasteiger partial charge in [0.15, 0.2) is 11.5 Å². The van der Waals surface area contributed by atoms with Crippen molar-refractivity contribution < 1.29 is 19.2 Å². The van der Waals surface area contributed by atoms with Crippen LogP contribution in [0.2, 0.25) is 5.02 Å². The maximum Gasteiger partial charge on any atom is 0.274 e. The molecule has 0 fully saturated rings. The molecule has 1 amide bonds. The number of carbonyl (C=O) groups excluding carboxylic acids is 1. The molecule has 0 saturated carbocycles. The number of benzene rings is 2. The normalized spacial score (nSPS) is 10.3. The second-order valence-corrected chi connectivity index (χ2v) is 5.96. The first-order valence-electron chi connectivity index (χ1n) is 7.94. The first-order chi connectivity index (χ1) is 12.4. The molecule has 2 rings (SSSR count). The molecule has 0 aliphatic rings. The van der Waals surface area contributed by atoms with Crippen LogP contribution < -0.4 is 14.8 Å². The van der Waals surface area contributed by atoms with Crippen molar-refractivity contribution in [2.45, 2.75) is 20.3 Å². The van der Waals surface area contributed by atoms with Crippen LogP contribution in [0.15, 0.2) is 30.3 Å². The Balaban J connectivity index is 2.28. The Hall–Kier alpha value is -2.80. The van der Waals surface area contributed by atoms with Gasteiger partial charge in [-0.15, -0.1) is 0 Å². The predicted octanol–water partition coefficient (Wildman–Crippen LogP) is 4.61. The van der Waals surface area contributed by atoms with E-state index in [0.29, 0.717) is 29.4 Å². The molecule has 0 bridgehead atoms. The summed E-state index contributed by atoms with van der Waals surface area (Å²) < 4.78 is 10.8. The lowest BCUT2D eigenvalue weighted by atomic mass is 10.1. The monoisotopic (exact) mass is 378 g/mol. The molecule has 26 heavy (non-hydrogen) atoms. The molecule has 0 spiro atoms. The van der Waals surface area contributed by atoms with Gasteiger partial charge >= 0.3 is 0 Å². The molecular weight excluding hydrogens is 360 g/mol. The standard InChI is InChI=1S/C18H19ClN2O5/c1-4-7-26-17-14(19)8-12(9-16(17)25-3)18(22)20-13-6-5-11(2)15(10-13)21(23)24/h5-6,8-10H,4,7H2,1-3H3,(H,20,22). The highest BCUT2D eigenvalue weighted by Crippen LogP contribution is 2.36. The van der Waals surface area contributed by atoms with Crippen molar-refractivity contribution in [2.75, 3.05) is 19.0 Å². The zero-order valence-corrected chi connectivity index (χ0v) is 15.4. The van der Waals surface area contributed by atoms with Gasteiger partial charge in [0.05, 0.1) is 23.7 Å². The van der Waals surface area contributed by atoms with Crippen molar-refractivity contribution in [3.05, 3.63) is 56.6 Å². The number of hydrogen-bond acceptors (Lipinski definition) is 5. The number of ether oxygens (including phenoxy) is 2. The number of rotatable bonds is 7. The maximum absolute atomic E-state index is 12.5. The Labute approximate surface area is 156 Å². The number of hydrogen-bond donors (Lipinski definition) is 1. The van der Waals surface area contributed by atoms with Crippen LogP contribution in [0.25, 0.3) is 0 Å². The highest BCUT2D eigenvalue weighted by atomic mass is 35.5. The van der Waals surface area contributed by atoms with E-state index in [9.17, 15) is 14.9 Å². The number of nitrogens with one attached hydrogen (secondary N) is 1. The summed E-state index contributed by atoms with van der Waals surface area (Å²) in [6.07, 6.45) is 0.800. The highest BCUT2D eigenvalue weighted by molar-refractivity contribution is 6.32. The summed E-state index contributed by atoms with van der Waals surface area (Å²) in [4.78, 5) is 23.0. The number of aryl methyl sites for hydroxylation is 1. The van der Waals surface area contributed by atoms with Gasteiger partial charge in [-0.25, -0.2) is 0 Å². The van der Waals surface area contributed by atoms with Crippen molar-refractivity contribution in [3.63, 3.8) is 0 Å². The summed E-state index contributed by atoms with van der Waals surface area (Å²) in [5.41, 5.74) is 1.00. The Morgan fingerprint density at radius 1 is 1.31 bits per heavy atom. The van der Waals surface area contributed by atoms with Gasteiger partial charge in [0.2, 0.25) is 0 Å². The lowest BCUT2D eigenvalue weighted by Crippen LogP contribution is -2.13. The molecule has 138 valence electrons. The number of nitrogens with zero attached hydrogens (tertiary/aromatic N) is 1. The zero-order chi connectivity index (χ0) is 19.3. The molecule has 0 aliphatic carbocycles. The van der Waals surface area contributed by atoms with Crippen LogP contribution in [0.3, 0.4) is 0 Å². The molecule has 1 N–H and O–H groups in total. The van der Waals surface area contributed by atoms with Crippen LogP contribution in [0.1, 0.15) is 29.3 Å². The molecule has 7 nitrogen and oxygen atoms in total. The molecule has 0 aromatic heterocycles. The van der Waals surface area contributed by atoms with E-state index in [1.165, 1.54) is 25.3 Å². The van der Waals surface area contributed by atoms with E-state index >= 15 is 0 Å². The van der Waals surface area contributed by atoms with E-state index in [1.807, 2.05) is 6.92 Å². The second kappa shape index (κ2) is 8.53. The van der Waals surface area contributed by atoms with Gasteiger partial charge < -0.3 is 14.8 Å². The molecule has 0 saturated heterocycles. The number of carbonyl (C=O) groups is 1. The summed E-state index contributed by atoms with van der Waals surface area (Å²) in [5.74, 6) is 0.245. The highest BCUT2D eigenvalue weighted by Gasteiger charge is 2.17. The number of methoxy groups -OCH3 is 1. The van der Waals surface area contributed by atoms with Gasteiger partial charge in [0.25, 0.3) is 11.6 Å². The van der Waals surface area contributed by atoms with E-state index in [1.54, 1.807) is 19.1 Å². The first kappa shape index (κ1) is 19.5. The van der Waals surface area contributed by atoms with Crippen LogP contribution >= 0.6 is 11.6 Å². The van der Waals surface area contributed by atoms with E-state index in [-0.39, 0.29) is 16.3 Å². The van der Waals surface area contributed by atoms with Crippen molar-refractivity contribution in [1.82, 2.24) is 0 Å². The van der Waals surface area contributed by atoms with Gasteiger partial charge in [0, 0.05) is 22.9 Å². The van der Waals surface area contributed by atoms with Crippen molar-refractivity contribution in [2.24, 2.45) is 0 Å². The fourth-order valence-electron chi connectivity index (χ4n) is 2.28. The predicted molar refractivity (Wildman–Crippen MR) is 99.6 cm³/mol. The minimum Gasteiger partial charge on any atom is -0.493 e. The fraction of sp³-hybridized carbons (Fsp3) is 0.278. The third-order valence-corrected chi connectivity index (χ3v) is 3.89. The van der Waals surface area contributed by atoms with Crippen molar-refractivity contribution in [3.8, 4) is 11.5 Å². The zero-order valence-electron chi connectivity index (χ0n) is 14.7. The molecular formula is C18H19ClN2O5. The van der Waals surface area contributed by atoms with Crippen LogP contribution in [-0.2, 0) is 0 Å². The second-order valence-electron chi connectivity index (χ2n) is 5.55. The third-order valence-electron chi connectivity index (χ3n) is 3.61. The summed E-state index contributed by atoms with van der Waals surface area (Å²) in [7, 11) is 1.45. The maximum atomic E-state index is 12.5. The summed E-state index contributed by atoms with van der Waals surface area (Å²) in [6.45, 7) is 4.06. The van der Waals surface area contributed by atoms with E-state index < -0.39 is 10.8 Å². The molecule has 0 aliphatic heterocycles. The summed E-state index contributed by atoms with van der Waals surface area (Å²) in [6, 6.07) is 7.45. The van der Waals surface area contributed by atoms with Crippen LogP contribution in [0.5, 0.6) is 11.5 Å². The molecule has 0 heterocycles. The topological polar surface area (TPSA) is 90.7 Å². The number of nitro benzene ring substituents is 1. The Bertz CT molecular complexity index is 839. The molecule has 0 radical (unpaired) electrons. The van der Waals surface area contributed by atoms with Gasteiger partial charge in [-0.2, -0.15) is 0 Å². The number of amides is 1. The lowest BCUT2D eigenvalue weighted by Gasteiger charge is -2.14. The average Bonchev–Trinajstić information content (AvgIpc) is 2.61. The van der Waals surface area contributed by atoms with Gasteiger partial charge in [-0.3, -0.25) is 14.9 Å². The number of halogens is 1. The Kier molecular flexibility index (Phi) is 6.41. The largest absolute Gasteiger partial charge is 0.493 e. The Morgan fingerprint density at radius 3 is 2.65 bits per heavy atom. The first-order valence-corrected chi connectivity index (χ1v) is 8.31. The van der Waals surface area contributed by atoms with E-state index in [0.717, 1.165) is 6.42 Å². The van der Waals surface area contributed by atoms with Gasteiger partial charge in [-0.05, 0) is 31.5 Å². The smallest absolute Gasteiger partial charge is 0.274 e. The van der Waals surface area contributed by atoms with Crippen LogP contribution in [0, 0.1) is 17.0 Å². The number of nitro groups is 1. The quantitative estimate of drug-likeness (QED) is 0.561. The summed E-state index contributed by atoms with van der Waals surface area (Å²) in [5, 5.41) is 13.9. The van der Waals surface area contributed by atoms with Gasteiger partial charge in [0.1, 0.15) is 0 Å². The minimum atomic E-state index is -0.495.